The number of imide groups is 1. The van der Waals surface area contributed by atoms with E-state index in [4.69, 9.17) is 5.11 Å². The van der Waals surface area contributed by atoms with Gasteiger partial charge >= 0.3 is 12.0 Å². The Hall–Kier alpha value is -1.59. The second kappa shape index (κ2) is 8.00. The van der Waals surface area contributed by atoms with Gasteiger partial charge in [-0.2, -0.15) is 0 Å². The first-order valence-electron chi connectivity index (χ1n) is 7.60. The number of aliphatic carboxylic acids is 1. The van der Waals surface area contributed by atoms with E-state index in [0.29, 0.717) is 11.8 Å². The Morgan fingerprint density at radius 2 is 1.81 bits per heavy atom. The Kier molecular flexibility index (Phi) is 6.65. The van der Waals surface area contributed by atoms with Gasteiger partial charge in [-0.3, -0.25) is 14.9 Å². The van der Waals surface area contributed by atoms with Crippen LogP contribution in [0.1, 0.15) is 52.9 Å². The molecule has 21 heavy (non-hydrogen) atoms. The molecule has 1 aliphatic rings. The second-order valence-electron chi connectivity index (χ2n) is 6.39. The van der Waals surface area contributed by atoms with Gasteiger partial charge in [0.15, 0.2) is 0 Å². The third-order valence-corrected chi connectivity index (χ3v) is 4.24. The molecule has 3 amide bonds. The van der Waals surface area contributed by atoms with Crippen LogP contribution in [0.4, 0.5) is 4.79 Å². The lowest BCUT2D eigenvalue weighted by atomic mass is 9.79. The average Bonchev–Trinajstić information content (AvgIpc) is 2.32. The highest BCUT2D eigenvalue weighted by Crippen LogP contribution is 2.29. The van der Waals surface area contributed by atoms with E-state index in [0.717, 1.165) is 19.3 Å². The molecular formula is C15H26N2O4. The molecule has 1 rings (SSSR count). The number of nitrogens with one attached hydrogen (secondary N) is 2. The van der Waals surface area contributed by atoms with Crippen LogP contribution in [-0.2, 0) is 9.59 Å². The monoisotopic (exact) mass is 298 g/mol. The highest BCUT2D eigenvalue weighted by molar-refractivity contribution is 5.94. The Morgan fingerprint density at radius 1 is 1.14 bits per heavy atom. The van der Waals surface area contributed by atoms with Crippen molar-refractivity contribution >= 4 is 17.9 Å². The zero-order valence-corrected chi connectivity index (χ0v) is 13.0. The molecule has 6 nitrogen and oxygen atoms in total. The molecule has 0 aliphatic heterocycles. The van der Waals surface area contributed by atoms with Crippen molar-refractivity contribution in [1.82, 2.24) is 10.6 Å². The summed E-state index contributed by atoms with van der Waals surface area (Å²) in [5, 5.41) is 13.7. The normalized spacial score (nSPS) is 26.7. The van der Waals surface area contributed by atoms with Gasteiger partial charge in [-0.25, -0.2) is 4.79 Å². The summed E-state index contributed by atoms with van der Waals surface area (Å²) in [4.78, 5) is 33.9. The lowest BCUT2D eigenvalue weighted by Gasteiger charge is -2.32. The minimum atomic E-state index is -0.940. The molecule has 0 aromatic rings. The maximum absolute atomic E-state index is 11.8. The van der Waals surface area contributed by atoms with Crippen molar-refractivity contribution in [1.29, 1.82) is 0 Å². The van der Waals surface area contributed by atoms with Crippen LogP contribution in [0.2, 0.25) is 0 Å². The van der Waals surface area contributed by atoms with Crippen molar-refractivity contribution in [2.24, 2.45) is 17.8 Å². The van der Waals surface area contributed by atoms with Crippen LogP contribution in [0.5, 0.6) is 0 Å². The summed E-state index contributed by atoms with van der Waals surface area (Å²) in [5.74, 6) is -0.422. The lowest BCUT2D eigenvalue weighted by molar-refractivity contribution is -0.138. The van der Waals surface area contributed by atoms with Crippen LogP contribution < -0.4 is 10.6 Å². The summed E-state index contributed by atoms with van der Waals surface area (Å²) in [6.45, 7) is 6.07. The number of carbonyl (C=O) groups is 3. The second-order valence-corrected chi connectivity index (χ2v) is 6.39. The van der Waals surface area contributed by atoms with Crippen LogP contribution in [0, 0.1) is 17.8 Å². The predicted octanol–water partition coefficient (Wildman–Crippen LogP) is 2.14. The largest absolute Gasteiger partial charge is 0.481 e. The zero-order valence-electron chi connectivity index (χ0n) is 13.0. The molecule has 3 N–H and O–H groups in total. The van der Waals surface area contributed by atoms with Gasteiger partial charge in [-0.05, 0) is 37.0 Å². The minimum absolute atomic E-state index is 0.0395. The van der Waals surface area contributed by atoms with Gasteiger partial charge in [0.1, 0.15) is 0 Å². The van der Waals surface area contributed by atoms with E-state index in [1.54, 1.807) is 6.92 Å². The average molecular weight is 298 g/mol. The van der Waals surface area contributed by atoms with E-state index >= 15 is 0 Å². The molecule has 0 radical (unpaired) electrons. The lowest BCUT2D eigenvalue weighted by Crippen LogP contribution is -2.47. The van der Waals surface area contributed by atoms with E-state index in [9.17, 15) is 14.4 Å². The molecule has 0 heterocycles. The van der Waals surface area contributed by atoms with Crippen LogP contribution in [0.15, 0.2) is 0 Å². The number of hydrogen-bond acceptors (Lipinski definition) is 3. The van der Waals surface area contributed by atoms with Crippen molar-refractivity contribution < 1.29 is 19.5 Å². The summed E-state index contributed by atoms with van der Waals surface area (Å²) >= 11 is 0. The van der Waals surface area contributed by atoms with Gasteiger partial charge in [-0.15, -0.1) is 0 Å². The molecule has 1 fully saturated rings. The SMILES string of the molecule is CC(CC(=O)O)CC(=O)NC(=O)NC1CCC(C)C(C)C1. The van der Waals surface area contributed by atoms with Crippen molar-refractivity contribution in [3.8, 4) is 0 Å². The van der Waals surface area contributed by atoms with Crippen LogP contribution in [0.25, 0.3) is 0 Å². The number of rotatable bonds is 5. The van der Waals surface area contributed by atoms with Gasteiger partial charge in [0.2, 0.25) is 5.91 Å². The van der Waals surface area contributed by atoms with Gasteiger partial charge in [0, 0.05) is 18.9 Å². The van der Waals surface area contributed by atoms with Crippen molar-refractivity contribution in [3.05, 3.63) is 0 Å². The Bertz CT molecular complexity index is 397. The summed E-state index contributed by atoms with van der Waals surface area (Å²) < 4.78 is 0. The fourth-order valence-corrected chi connectivity index (χ4v) is 2.76. The summed E-state index contributed by atoms with van der Waals surface area (Å²) in [7, 11) is 0. The van der Waals surface area contributed by atoms with E-state index in [1.807, 2.05) is 0 Å². The molecule has 0 aromatic heterocycles. The van der Waals surface area contributed by atoms with Crippen molar-refractivity contribution in [2.75, 3.05) is 0 Å². The number of amides is 3. The smallest absolute Gasteiger partial charge is 0.321 e. The first-order chi connectivity index (χ1) is 9.77. The first-order valence-corrected chi connectivity index (χ1v) is 7.60. The van der Waals surface area contributed by atoms with Gasteiger partial charge < -0.3 is 10.4 Å². The molecule has 0 aromatic carbocycles. The minimum Gasteiger partial charge on any atom is -0.481 e. The molecule has 4 unspecified atom stereocenters. The number of carboxylic acid groups (broad SMARTS) is 1. The number of carboxylic acids is 1. The van der Waals surface area contributed by atoms with Crippen LogP contribution >= 0.6 is 0 Å². The fourth-order valence-electron chi connectivity index (χ4n) is 2.76. The number of hydrogen-bond donors (Lipinski definition) is 3. The summed E-state index contributed by atoms with van der Waals surface area (Å²) in [5.41, 5.74) is 0. The van der Waals surface area contributed by atoms with E-state index < -0.39 is 17.9 Å². The molecule has 0 spiro atoms. The van der Waals surface area contributed by atoms with Gasteiger partial charge in [-0.1, -0.05) is 20.8 Å². The molecular weight excluding hydrogens is 272 g/mol. The maximum Gasteiger partial charge on any atom is 0.321 e. The Morgan fingerprint density at radius 3 is 2.38 bits per heavy atom. The molecule has 4 atom stereocenters. The molecule has 1 saturated carbocycles. The highest BCUT2D eigenvalue weighted by Gasteiger charge is 2.26. The number of carbonyl (C=O) groups excluding carboxylic acids is 2. The Labute approximate surface area is 125 Å². The van der Waals surface area contributed by atoms with E-state index in [1.165, 1.54) is 0 Å². The third kappa shape index (κ3) is 6.60. The zero-order chi connectivity index (χ0) is 16.0. The highest BCUT2D eigenvalue weighted by atomic mass is 16.4. The standard InChI is InChI=1S/C15H26N2O4/c1-9(7-14(19)20)6-13(18)17-15(21)16-12-5-4-10(2)11(3)8-12/h9-12H,4-8H2,1-3H3,(H,19,20)(H2,16,17,18,21). The molecule has 0 saturated heterocycles. The van der Waals surface area contributed by atoms with Crippen LogP contribution in [-0.4, -0.2) is 29.1 Å². The Balaban J connectivity index is 2.30. The molecule has 0 bridgehead atoms. The van der Waals surface area contributed by atoms with Crippen molar-refractivity contribution in [2.45, 2.75) is 58.9 Å². The first kappa shape index (κ1) is 17.5. The summed E-state index contributed by atoms with van der Waals surface area (Å²) in [6, 6.07) is -0.366. The number of urea groups is 1. The van der Waals surface area contributed by atoms with Gasteiger partial charge in [0.05, 0.1) is 0 Å². The topological polar surface area (TPSA) is 95.5 Å². The maximum atomic E-state index is 11.8. The third-order valence-electron chi connectivity index (χ3n) is 4.24. The molecule has 120 valence electrons. The fraction of sp³-hybridized carbons (Fsp3) is 0.800. The quantitative estimate of drug-likeness (QED) is 0.724. The molecule has 1 aliphatic carbocycles. The summed E-state index contributed by atoms with van der Waals surface area (Å²) in [6.07, 6.45) is 2.90. The molecule has 6 heteroatoms. The van der Waals surface area contributed by atoms with E-state index in [2.05, 4.69) is 24.5 Å². The van der Waals surface area contributed by atoms with E-state index in [-0.39, 0.29) is 24.8 Å². The predicted molar refractivity (Wildman–Crippen MR) is 78.7 cm³/mol. The van der Waals surface area contributed by atoms with Crippen molar-refractivity contribution in [3.63, 3.8) is 0 Å². The van der Waals surface area contributed by atoms with Gasteiger partial charge in [0.25, 0.3) is 0 Å². The van der Waals surface area contributed by atoms with Crippen LogP contribution in [0.3, 0.4) is 0 Å².